The minimum Gasteiger partial charge on any atom is -0.326 e. The third-order valence-corrected chi connectivity index (χ3v) is 5.21. The molecule has 0 atom stereocenters. The van der Waals surface area contributed by atoms with Crippen LogP contribution in [0.5, 0.6) is 0 Å². The molecular weight excluding hydrogens is 350 g/mol. The van der Waals surface area contributed by atoms with Gasteiger partial charge in [-0.1, -0.05) is 6.07 Å². The molecule has 0 saturated carbocycles. The van der Waals surface area contributed by atoms with Crippen LogP contribution in [0.4, 0.5) is 11.4 Å². The number of sulfonamides is 1. The van der Waals surface area contributed by atoms with Gasteiger partial charge in [-0.05, 0) is 61.4 Å². The first-order valence-electron chi connectivity index (χ1n) is 8.05. The number of rotatable bonds is 6. The first-order valence-corrected chi connectivity index (χ1v) is 9.90. The fraction of sp³-hybridized carbons (Fsp3) is 0.263. The largest absolute Gasteiger partial charge is 0.326 e. The molecule has 1 N–H and O–H groups in total. The zero-order chi connectivity index (χ0) is 19.3. The molecule has 0 saturated heterocycles. The summed E-state index contributed by atoms with van der Waals surface area (Å²) in [5.74, 6) is -0.268. The average molecular weight is 371 g/mol. The van der Waals surface area contributed by atoms with Crippen molar-refractivity contribution in [1.29, 1.82) is 5.26 Å². The second kappa shape index (κ2) is 8.02. The van der Waals surface area contributed by atoms with Gasteiger partial charge in [0, 0.05) is 18.7 Å². The normalized spacial score (nSPS) is 10.8. The number of aryl methyl sites for hydroxylation is 2. The summed E-state index contributed by atoms with van der Waals surface area (Å²) in [6.07, 6.45) is 1.10. The highest BCUT2D eigenvalue weighted by Crippen LogP contribution is 2.19. The Kier molecular flexibility index (Phi) is 6.01. The van der Waals surface area contributed by atoms with Crippen LogP contribution in [0.2, 0.25) is 0 Å². The van der Waals surface area contributed by atoms with E-state index in [9.17, 15) is 13.2 Å². The minimum atomic E-state index is -3.55. The zero-order valence-corrected chi connectivity index (χ0v) is 15.8. The van der Waals surface area contributed by atoms with Crippen LogP contribution in [0, 0.1) is 25.2 Å². The molecule has 0 aliphatic carbocycles. The minimum absolute atomic E-state index is 0.0139. The number of nitriles is 1. The maximum atomic E-state index is 12.2. The van der Waals surface area contributed by atoms with Gasteiger partial charge < -0.3 is 5.32 Å². The lowest BCUT2D eigenvalue weighted by Crippen LogP contribution is -2.33. The highest BCUT2D eigenvalue weighted by atomic mass is 32.2. The summed E-state index contributed by atoms with van der Waals surface area (Å²) >= 11 is 0. The Morgan fingerprint density at radius 1 is 1.12 bits per heavy atom. The Hall–Kier alpha value is -2.85. The highest BCUT2D eigenvalue weighted by molar-refractivity contribution is 7.92. The Bertz CT molecular complexity index is 945. The van der Waals surface area contributed by atoms with Gasteiger partial charge >= 0.3 is 0 Å². The van der Waals surface area contributed by atoms with Gasteiger partial charge in [-0.3, -0.25) is 9.10 Å². The van der Waals surface area contributed by atoms with Crippen molar-refractivity contribution in [2.45, 2.75) is 20.3 Å². The van der Waals surface area contributed by atoms with Crippen LogP contribution >= 0.6 is 0 Å². The lowest BCUT2D eigenvalue weighted by Gasteiger charge is -2.22. The van der Waals surface area contributed by atoms with Crippen molar-refractivity contribution in [2.24, 2.45) is 0 Å². The van der Waals surface area contributed by atoms with E-state index in [0.29, 0.717) is 16.9 Å². The monoisotopic (exact) mass is 371 g/mol. The Labute approximate surface area is 154 Å². The van der Waals surface area contributed by atoms with E-state index in [1.165, 1.54) is 0 Å². The molecule has 7 heteroatoms. The number of anilines is 2. The van der Waals surface area contributed by atoms with Gasteiger partial charge in [0.2, 0.25) is 15.9 Å². The summed E-state index contributed by atoms with van der Waals surface area (Å²) in [4.78, 5) is 12.2. The number of hydrogen-bond acceptors (Lipinski definition) is 4. The summed E-state index contributed by atoms with van der Waals surface area (Å²) in [7, 11) is -3.55. The molecule has 1 amide bonds. The number of amides is 1. The van der Waals surface area contributed by atoms with E-state index >= 15 is 0 Å². The van der Waals surface area contributed by atoms with Crippen LogP contribution in [0.1, 0.15) is 23.1 Å². The number of carbonyl (C=O) groups excluding carboxylic acids is 1. The second-order valence-electron chi connectivity index (χ2n) is 6.09. The molecule has 0 aromatic heterocycles. The van der Waals surface area contributed by atoms with Crippen LogP contribution in [0.15, 0.2) is 42.5 Å². The third-order valence-electron chi connectivity index (χ3n) is 4.02. The van der Waals surface area contributed by atoms with Crippen LogP contribution in [0.3, 0.4) is 0 Å². The number of benzene rings is 2. The number of nitrogens with zero attached hydrogens (tertiary/aromatic N) is 2. The maximum absolute atomic E-state index is 12.2. The second-order valence-corrected chi connectivity index (χ2v) is 8.00. The van der Waals surface area contributed by atoms with Gasteiger partial charge in [0.15, 0.2) is 0 Å². The SMILES string of the molecule is Cc1ccc(NC(=O)CCN(c2ccc(C#N)cc2)S(C)(=O)=O)cc1C. The molecule has 0 aliphatic rings. The van der Waals surface area contributed by atoms with Crippen LogP contribution < -0.4 is 9.62 Å². The van der Waals surface area contributed by atoms with Crippen molar-refractivity contribution in [1.82, 2.24) is 0 Å². The van der Waals surface area contributed by atoms with Crippen molar-refractivity contribution in [3.8, 4) is 6.07 Å². The Balaban J connectivity index is 2.08. The van der Waals surface area contributed by atoms with E-state index in [1.54, 1.807) is 24.3 Å². The van der Waals surface area contributed by atoms with Crippen molar-refractivity contribution in [3.05, 3.63) is 59.2 Å². The van der Waals surface area contributed by atoms with E-state index < -0.39 is 10.0 Å². The predicted octanol–water partition coefficient (Wildman–Crippen LogP) is 2.97. The molecular formula is C19H21N3O3S. The molecule has 136 valence electrons. The van der Waals surface area contributed by atoms with Gasteiger partial charge in [-0.2, -0.15) is 5.26 Å². The smallest absolute Gasteiger partial charge is 0.232 e. The average Bonchev–Trinajstić information content (AvgIpc) is 2.58. The summed E-state index contributed by atoms with van der Waals surface area (Å²) in [5.41, 5.74) is 3.74. The van der Waals surface area contributed by atoms with E-state index in [4.69, 9.17) is 5.26 Å². The Morgan fingerprint density at radius 3 is 2.31 bits per heavy atom. The molecule has 26 heavy (non-hydrogen) atoms. The number of nitrogens with one attached hydrogen (secondary N) is 1. The fourth-order valence-corrected chi connectivity index (χ4v) is 3.36. The molecule has 2 aromatic carbocycles. The molecule has 0 heterocycles. The van der Waals surface area contributed by atoms with Crippen molar-refractivity contribution < 1.29 is 13.2 Å². The summed E-state index contributed by atoms with van der Waals surface area (Å²) in [6, 6.07) is 13.8. The molecule has 0 aliphatic heterocycles. The first kappa shape index (κ1) is 19.5. The topological polar surface area (TPSA) is 90.3 Å². The Morgan fingerprint density at radius 2 is 1.77 bits per heavy atom. The van der Waals surface area contributed by atoms with Crippen molar-refractivity contribution >= 4 is 27.3 Å². The van der Waals surface area contributed by atoms with Crippen LogP contribution in [-0.4, -0.2) is 27.1 Å². The van der Waals surface area contributed by atoms with Gasteiger partial charge in [0.1, 0.15) is 0 Å². The number of carbonyl (C=O) groups is 1. The molecule has 2 aromatic rings. The summed E-state index contributed by atoms with van der Waals surface area (Å²) in [6.45, 7) is 3.96. The van der Waals surface area contributed by atoms with Crippen molar-refractivity contribution in [2.75, 3.05) is 22.4 Å². The summed E-state index contributed by atoms with van der Waals surface area (Å²) < 4.78 is 25.3. The molecule has 0 radical (unpaired) electrons. The zero-order valence-electron chi connectivity index (χ0n) is 15.0. The lowest BCUT2D eigenvalue weighted by molar-refractivity contribution is -0.116. The van der Waals surface area contributed by atoms with E-state index in [0.717, 1.165) is 21.7 Å². The van der Waals surface area contributed by atoms with Gasteiger partial charge in [0.25, 0.3) is 0 Å². The van der Waals surface area contributed by atoms with Crippen molar-refractivity contribution in [3.63, 3.8) is 0 Å². The summed E-state index contributed by atoms with van der Waals surface area (Å²) in [5, 5.41) is 11.6. The van der Waals surface area contributed by atoms with E-state index in [1.807, 2.05) is 38.1 Å². The van der Waals surface area contributed by atoms with Gasteiger partial charge in [-0.25, -0.2) is 8.42 Å². The lowest BCUT2D eigenvalue weighted by atomic mass is 10.1. The molecule has 0 fully saturated rings. The van der Waals surface area contributed by atoms with Crippen LogP contribution in [0.25, 0.3) is 0 Å². The van der Waals surface area contributed by atoms with Gasteiger partial charge in [-0.15, -0.1) is 0 Å². The fourth-order valence-electron chi connectivity index (χ4n) is 2.43. The highest BCUT2D eigenvalue weighted by Gasteiger charge is 2.18. The maximum Gasteiger partial charge on any atom is 0.232 e. The first-order chi connectivity index (χ1) is 12.2. The molecule has 0 unspecified atom stereocenters. The number of hydrogen-bond donors (Lipinski definition) is 1. The third kappa shape index (κ3) is 5.07. The molecule has 0 spiro atoms. The van der Waals surface area contributed by atoms with E-state index in [-0.39, 0.29) is 18.9 Å². The molecule has 2 rings (SSSR count). The molecule has 0 bridgehead atoms. The molecule has 6 nitrogen and oxygen atoms in total. The van der Waals surface area contributed by atoms with Crippen LogP contribution in [-0.2, 0) is 14.8 Å². The van der Waals surface area contributed by atoms with E-state index in [2.05, 4.69) is 5.32 Å². The standard InChI is InChI=1S/C19H21N3O3S/c1-14-4-7-17(12-15(14)2)21-19(23)10-11-22(26(3,24)25)18-8-5-16(13-20)6-9-18/h4-9,12H,10-11H2,1-3H3,(H,21,23). The quantitative estimate of drug-likeness (QED) is 0.845. The van der Waals surface area contributed by atoms with Gasteiger partial charge in [0.05, 0.1) is 23.6 Å². The predicted molar refractivity (Wildman–Crippen MR) is 103 cm³/mol.